The molecule has 0 bridgehead atoms. The van der Waals surface area contributed by atoms with E-state index < -0.39 is 0 Å². The van der Waals surface area contributed by atoms with E-state index in [4.69, 9.17) is 0 Å². The first kappa shape index (κ1) is 14.1. The molecule has 2 N–H and O–H groups in total. The number of pyridine rings is 1. The van der Waals surface area contributed by atoms with Crippen LogP contribution in [0.15, 0.2) is 48.8 Å². The van der Waals surface area contributed by atoms with Gasteiger partial charge in [-0.25, -0.2) is 0 Å². The van der Waals surface area contributed by atoms with E-state index in [9.17, 15) is 4.79 Å². The molecular weight excluding hydrogens is 250 g/mol. The van der Waals surface area contributed by atoms with Gasteiger partial charge in [0.15, 0.2) is 0 Å². The smallest absolute Gasteiger partial charge is 0.257 e. The van der Waals surface area contributed by atoms with Crippen molar-refractivity contribution < 1.29 is 4.79 Å². The third-order valence-electron chi connectivity index (χ3n) is 2.59. The lowest BCUT2D eigenvalue weighted by Crippen LogP contribution is -2.25. The molecule has 1 aromatic carbocycles. The number of nitrogens with zero attached hydrogens (tertiary/aromatic N) is 1. The number of amides is 1. The highest BCUT2D eigenvalue weighted by atomic mass is 16.1. The monoisotopic (exact) mass is 269 g/mol. The first-order valence-corrected chi connectivity index (χ1v) is 6.54. The molecule has 2 aromatic rings. The SMILES string of the molecule is CC(C)(C)Nc1ccc(NC(=O)c2cccnc2)cc1. The largest absolute Gasteiger partial charge is 0.380 e. The Morgan fingerprint density at radius 1 is 1.05 bits per heavy atom. The molecule has 0 spiro atoms. The Bertz CT molecular complexity index is 571. The Hall–Kier alpha value is -2.36. The number of hydrogen-bond donors (Lipinski definition) is 2. The van der Waals surface area contributed by atoms with Gasteiger partial charge in [0.05, 0.1) is 5.56 Å². The summed E-state index contributed by atoms with van der Waals surface area (Å²) in [7, 11) is 0. The van der Waals surface area contributed by atoms with Crippen LogP contribution >= 0.6 is 0 Å². The van der Waals surface area contributed by atoms with Crippen LogP contribution in [0, 0.1) is 0 Å². The van der Waals surface area contributed by atoms with Crippen molar-refractivity contribution in [1.82, 2.24) is 4.98 Å². The van der Waals surface area contributed by atoms with Gasteiger partial charge in [-0.1, -0.05) is 0 Å². The van der Waals surface area contributed by atoms with Gasteiger partial charge in [0.2, 0.25) is 0 Å². The normalized spacial score (nSPS) is 10.9. The molecule has 4 nitrogen and oxygen atoms in total. The van der Waals surface area contributed by atoms with Crippen molar-refractivity contribution in [2.75, 3.05) is 10.6 Å². The highest BCUT2D eigenvalue weighted by Crippen LogP contribution is 2.18. The van der Waals surface area contributed by atoms with Crippen LogP contribution in [0.25, 0.3) is 0 Å². The highest BCUT2D eigenvalue weighted by Gasteiger charge is 2.09. The molecule has 1 aromatic heterocycles. The number of benzene rings is 1. The van der Waals surface area contributed by atoms with Crippen LogP contribution in [-0.2, 0) is 0 Å². The van der Waals surface area contributed by atoms with E-state index in [1.54, 1.807) is 24.5 Å². The van der Waals surface area contributed by atoms with Gasteiger partial charge in [0.1, 0.15) is 0 Å². The number of hydrogen-bond acceptors (Lipinski definition) is 3. The zero-order valence-corrected chi connectivity index (χ0v) is 12.0. The fourth-order valence-electron chi connectivity index (χ4n) is 1.77. The molecule has 20 heavy (non-hydrogen) atoms. The lowest BCUT2D eigenvalue weighted by Gasteiger charge is -2.22. The van der Waals surface area contributed by atoms with E-state index in [-0.39, 0.29) is 11.4 Å². The molecule has 0 saturated heterocycles. The molecule has 0 aliphatic heterocycles. The van der Waals surface area contributed by atoms with E-state index in [0.29, 0.717) is 5.56 Å². The Kier molecular flexibility index (Phi) is 4.03. The van der Waals surface area contributed by atoms with Crippen LogP contribution in [0.2, 0.25) is 0 Å². The second kappa shape index (κ2) is 5.74. The first-order valence-electron chi connectivity index (χ1n) is 6.54. The molecule has 0 radical (unpaired) electrons. The predicted molar refractivity (Wildman–Crippen MR) is 82.0 cm³/mol. The van der Waals surface area contributed by atoms with E-state index in [1.165, 1.54) is 0 Å². The molecule has 0 fully saturated rings. The summed E-state index contributed by atoms with van der Waals surface area (Å²) in [6.45, 7) is 6.31. The topological polar surface area (TPSA) is 54.0 Å². The summed E-state index contributed by atoms with van der Waals surface area (Å²) in [4.78, 5) is 15.9. The van der Waals surface area contributed by atoms with Gasteiger partial charge >= 0.3 is 0 Å². The van der Waals surface area contributed by atoms with Crippen LogP contribution < -0.4 is 10.6 Å². The lowest BCUT2D eigenvalue weighted by molar-refractivity contribution is 0.102. The van der Waals surface area contributed by atoms with E-state index in [0.717, 1.165) is 11.4 Å². The van der Waals surface area contributed by atoms with Crippen LogP contribution in [0.3, 0.4) is 0 Å². The zero-order chi connectivity index (χ0) is 14.6. The van der Waals surface area contributed by atoms with Crippen molar-refractivity contribution in [3.05, 3.63) is 54.4 Å². The van der Waals surface area contributed by atoms with Crippen molar-refractivity contribution in [1.29, 1.82) is 0 Å². The zero-order valence-electron chi connectivity index (χ0n) is 12.0. The second-order valence-electron chi connectivity index (χ2n) is 5.65. The molecule has 1 heterocycles. The van der Waals surface area contributed by atoms with Gasteiger partial charge in [0.25, 0.3) is 5.91 Å². The maximum atomic E-state index is 12.0. The molecule has 104 valence electrons. The van der Waals surface area contributed by atoms with Gasteiger partial charge in [-0.3, -0.25) is 9.78 Å². The Balaban J connectivity index is 2.02. The maximum Gasteiger partial charge on any atom is 0.257 e. The predicted octanol–water partition coefficient (Wildman–Crippen LogP) is 3.54. The fourth-order valence-corrected chi connectivity index (χ4v) is 1.77. The Morgan fingerprint density at radius 2 is 1.70 bits per heavy atom. The van der Waals surface area contributed by atoms with Crippen LogP contribution in [0.5, 0.6) is 0 Å². The molecule has 1 amide bonds. The van der Waals surface area contributed by atoms with E-state index in [2.05, 4.69) is 36.4 Å². The second-order valence-corrected chi connectivity index (χ2v) is 5.65. The number of carbonyl (C=O) groups is 1. The van der Waals surface area contributed by atoms with Crippen molar-refractivity contribution in [3.63, 3.8) is 0 Å². The van der Waals surface area contributed by atoms with Gasteiger partial charge in [0, 0.05) is 29.3 Å². The molecule has 0 aliphatic rings. The number of carbonyl (C=O) groups excluding carboxylic acids is 1. The fraction of sp³-hybridized carbons (Fsp3) is 0.250. The van der Waals surface area contributed by atoms with Crippen molar-refractivity contribution in [2.24, 2.45) is 0 Å². The molecule has 0 aliphatic carbocycles. The number of nitrogens with one attached hydrogen (secondary N) is 2. The number of anilines is 2. The average molecular weight is 269 g/mol. The third-order valence-corrected chi connectivity index (χ3v) is 2.59. The first-order chi connectivity index (χ1) is 9.44. The van der Waals surface area contributed by atoms with Crippen LogP contribution in [0.4, 0.5) is 11.4 Å². The minimum atomic E-state index is -0.158. The van der Waals surface area contributed by atoms with E-state index >= 15 is 0 Å². The molecule has 2 rings (SSSR count). The summed E-state index contributed by atoms with van der Waals surface area (Å²) < 4.78 is 0. The van der Waals surface area contributed by atoms with Crippen molar-refractivity contribution >= 4 is 17.3 Å². The summed E-state index contributed by atoms with van der Waals surface area (Å²) in [5, 5.41) is 6.21. The highest BCUT2D eigenvalue weighted by molar-refractivity contribution is 6.04. The van der Waals surface area contributed by atoms with Gasteiger partial charge < -0.3 is 10.6 Å². The van der Waals surface area contributed by atoms with Crippen LogP contribution in [0.1, 0.15) is 31.1 Å². The van der Waals surface area contributed by atoms with Gasteiger partial charge in [-0.05, 0) is 57.2 Å². The van der Waals surface area contributed by atoms with Crippen LogP contribution in [-0.4, -0.2) is 16.4 Å². The Morgan fingerprint density at radius 3 is 2.25 bits per heavy atom. The summed E-state index contributed by atoms with van der Waals surface area (Å²) >= 11 is 0. The minimum Gasteiger partial charge on any atom is -0.380 e. The summed E-state index contributed by atoms with van der Waals surface area (Å²) in [6, 6.07) is 11.1. The van der Waals surface area contributed by atoms with E-state index in [1.807, 2.05) is 24.3 Å². The van der Waals surface area contributed by atoms with Crippen molar-refractivity contribution in [2.45, 2.75) is 26.3 Å². The van der Waals surface area contributed by atoms with Crippen molar-refractivity contribution in [3.8, 4) is 0 Å². The number of rotatable bonds is 3. The maximum absolute atomic E-state index is 12.0. The minimum absolute atomic E-state index is 0.0144. The molecule has 0 unspecified atom stereocenters. The van der Waals surface area contributed by atoms with Gasteiger partial charge in [-0.15, -0.1) is 0 Å². The summed E-state index contributed by atoms with van der Waals surface area (Å²) in [6.07, 6.45) is 3.19. The lowest BCUT2D eigenvalue weighted by atomic mass is 10.1. The Labute approximate surface area is 119 Å². The molecular formula is C16H19N3O. The average Bonchev–Trinajstić information content (AvgIpc) is 2.40. The quantitative estimate of drug-likeness (QED) is 0.896. The molecule has 0 atom stereocenters. The number of aromatic nitrogens is 1. The third kappa shape index (κ3) is 4.09. The molecule has 0 saturated carbocycles. The van der Waals surface area contributed by atoms with Gasteiger partial charge in [-0.2, -0.15) is 0 Å². The summed E-state index contributed by atoms with van der Waals surface area (Å²) in [5.41, 5.74) is 2.35. The standard InChI is InChI=1S/C16H19N3O/c1-16(2,3)19-14-8-6-13(7-9-14)18-15(20)12-5-4-10-17-11-12/h4-11,19H,1-3H3,(H,18,20). The molecule has 4 heteroatoms. The summed E-state index contributed by atoms with van der Waals surface area (Å²) in [5.74, 6) is -0.158.